The second kappa shape index (κ2) is 9.17. The number of rotatable bonds is 7. The van der Waals surface area contributed by atoms with Crippen LogP contribution in [0.15, 0.2) is 77.4 Å². The van der Waals surface area contributed by atoms with Gasteiger partial charge in [-0.05, 0) is 35.7 Å². The maximum atomic E-state index is 13.3. The second-order valence-electron chi connectivity index (χ2n) is 7.49. The fraction of sp³-hybridized carbons (Fsp3) is 0.125. The molecular weight excluding hydrogens is 440 g/mol. The van der Waals surface area contributed by atoms with E-state index >= 15 is 0 Å². The minimum Gasteiger partial charge on any atom is -0.505 e. The SMILES string of the molecule is CN(C)C(=O)c1cccc(NC2=C(NCc3cccs3)C(=O)N(c3ccccc3)C2=O)c1O. The van der Waals surface area contributed by atoms with Gasteiger partial charge in [-0.3, -0.25) is 14.4 Å². The first-order chi connectivity index (χ1) is 15.9. The van der Waals surface area contributed by atoms with E-state index in [4.69, 9.17) is 0 Å². The third-order valence-electron chi connectivity index (χ3n) is 5.05. The summed E-state index contributed by atoms with van der Waals surface area (Å²) in [6, 6.07) is 17.1. The Bertz CT molecular complexity index is 1240. The molecule has 0 atom stereocenters. The van der Waals surface area contributed by atoms with Gasteiger partial charge >= 0.3 is 0 Å². The molecule has 0 saturated carbocycles. The minimum absolute atomic E-state index is 0.00911. The lowest BCUT2D eigenvalue weighted by Crippen LogP contribution is -2.33. The number of hydrogen-bond acceptors (Lipinski definition) is 7. The Morgan fingerprint density at radius 3 is 2.36 bits per heavy atom. The summed E-state index contributed by atoms with van der Waals surface area (Å²) in [5.74, 6) is -1.77. The van der Waals surface area contributed by atoms with E-state index in [9.17, 15) is 19.5 Å². The van der Waals surface area contributed by atoms with Gasteiger partial charge in [-0.25, -0.2) is 4.90 Å². The topological polar surface area (TPSA) is 102 Å². The summed E-state index contributed by atoms with van der Waals surface area (Å²) in [6.07, 6.45) is 0. The predicted octanol–water partition coefficient (Wildman–Crippen LogP) is 3.14. The zero-order valence-electron chi connectivity index (χ0n) is 18.0. The van der Waals surface area contributed by atoms with E-state index in [2.05, 4.69) is 10.6 Å². The number of amides is 3. The van der Waals surface area contributed by atoms with Gasteiger partial charge in [0.1, 0.15) is 11.4 Å². The molecule has 3 amide bonds. The number of carbonyl (C=O) groups is 3. The predicted molar refractivity (Wildman–Crippen MR) is 127 cm³/mol. The van der Waals surface area contributed by atoms with Crippen LogP contribution in [0.5, 0.6) is 5.75 Å². The molecule has 1 aliphatic heterocycles. The summed E-state index contributed by atoms with van der Waals surface area (Å²) in [4.78, 5) is 42.4. The van der Waals surface area contributed by atoms with Crippen molar-refractivity contribution in [1.29, 1.82) is 0 Å². The molecule has 33 heavy (non-hydrogen) atoms. The highest BCUT2D eigenvalue weighted by atomic mass is 32.1. The summed E-state index contributed by atoms with van der Waals surface area (Å²) in [5.41, 5.74) is 0.728. The van der Waals surface area contributed by atoms with E-state index in [1.165, 1.54) is 28.4 Å². The molecule has 1 aromatic heterocycles. The monoisotopic (exact) mass is 462 g/mol. The normalized spacial score (nSPS) is 13.5. The standard InChI is InChI=1S/C24H22N4O4S/c1-27(2)22(30)17-11-6-12-18(21(17)29)26-20-19(25-14-16-10-7-13-33-16)23(31)28(24(20)32)15-8-4-3-5-9-15/h3-13,25-26,29H,14H2,1-2H3. The van der Waals surface area contributed by atoms with Gasteiger partial charge in [0.05, 0.1) is 16.9 Å². The largest absolute Gasteiger partial charge is 0.505 e. The molecule has 1 aliphatic rings. The van der Waals surface area contributed by atoms with Crippen molar-refractivity contribution in [3.8, 4) is 5.75 Å². The maximum Gasteiger partial charge on any atom is 0.284 e. The van der Waals surface area contributed by atoms with Crippen molar-refractivity contribution in [1.82, 2.24) is 10.2 Å². The third kappa shape index (κ3) is 4.31. The molecule has 0 saturated heterocycles. The fourth-order valence-electron chi connectivity index (χ4n) is 3.40. The second-order valence-corrected chi connectivity index (χ2v) is 8.52. The Kier molecular flexibility index (Phi) is 6.14. The number of thiophene rings is 1. The fourth-order valence-corrected chi connectivity index (χ4v) is 4.05. The number of phenolic OH excluding ortho intramolecular Hbond substituents is 1. The summed E-state index contributed by atoms with van der Waals surface area (Å²) in [7, 11) is 3.15. The van der Waals surface area contributed by atoms with Crippen LogP contribution in [-0.4, -0.2) is 41.8 Å². The molecule has 2 aromatic carbocycles. The lowest BCUT2D eigenvalue weighted by atomic mass is 10.1. The van der Waals surface area contributed by atoms with Crippen molar-refractivity contribution >= 4 is 40.4 Å². The van der Waals surface area contributed by atoms with Gasteiger partial charge in [0.2, 0.25) is 0 Å². The molecule has 168 valence electrons. The number of nitrogens with one attached hydrogen (secondary N) is 2. The molecular formula is C24H22N4O4S. The Balaban J connectivity index is 1.72. The third-order valence-corrected chi connectivity index (χ3v) is 5.93. The lowest BCUT2D eigenvalue weighted by molar-refractivity contribution is -0.120. The van der Waals surface area contributed by atoms with Crippen LogP contribution in [0.25, 0.3) is 0 Å². The number of nitrogens with zero attached hydrogens (tertiary/aromatic N) is 2. The average Bonchev–Trinajstić information content (AvgIpc) is 3.40. The quantitative estimate of drug-likeness (QED) is 0.368. The molecule has 3 aromatic rings. The zero-order chi connectivity index (χ0) is 23.5. The number of anilines is 2. The minimum atomic E-state index is -0.566. The van der Waals surface area contributed by atoms with Crippen molar-refractivity contribution in [2.75, 3.05) is 24.3 Å². The first-order valence-corrected chi connectivity index (χ1v) is 11.0. The van der Waals surface area contributed by atoms with E-state index in [-0.39, 0.29) is 34.3 Å². The highest BCUT2D eigenvalue weighted by Crippen LogP contribution is 2.33. The molecule has 2 heterocycles. The maximum absolute atomic E-state index is 13.3. The van der Waals surface area contributed by atoms with Crippen LogP contribution in [0.2, 0.25) is 0 Å². The highest BCUT2D eigenvalue weighted by molar-refractivity contribution is 7.09. The van der Waals surface area contributed by atoms with Gasteiger partial charge in [-0.1, -0.05) is 30.3 Å². The molecule has 0 spiro atoms. The molecule has 0 radical (unpaired) electrons. The van der Waals surface area contributed by atoms with Gasteiger partial charge in [-0.2, -0.15) is 0 Å². The number of phenols is 1. The van der Waals surface area contributed by atoms with Crippen LogP contribution in [-0.2, 0) is 16.1 Å². The van der Waals surface area contributed by atoms with Crippen LogP contribution >= 0.6 is 11.3 Å². The number of benzene rings is 2. The summed E-state index contributed by atoms with van der Waals surface area (Å²) in [5, 5.41) is 18.6. The van der Waals surface area contributed by atoms with Crippen molar-refractivity contribution in [2.24, 2.45) is 0 Å². The number of carbonyl (C=O) groups excluding carboxylic acids is 3. The number of para-hydroxylation sites is 2. The number of imide groups is 1. The van der Waals surface area contributed by atoms with Gasteiger partial charge < -0.3 is 20.6 Å². The van der Waals surface area contributed by atoms with E-state index in [1.54, 1.807) is 50.5 Å². The Morgan fingerprint density at radius 2 is 1.70 bits per heavy atom. The van der Waals surface area contributed by atoms with E-state index in [0.717, 1.165) is 9.78 Å². The van der Waals surface area contributed by atoms with E-state index in [1.807, 2.05) is 17.5 Å². The molecule has 8 nitrogen and oxygen atoms in total. The lowest BCUT2D eigenvalue weighted by Gasteiger charge is -2.16. The molecule has 0 fully saturated rings. The Hall–Kier alpha value is -4.11. The zero-order valence-corrected chi connectivity index (χ0v) is 18.8. The van der Waals surface area contributed by atoms with Crippen LogP contribution < -0.4 is 15.5 Å². The van der Waals surface area contributed by atoms with Crippen molar-refractivity contribution in [3.63, 3.8) is 0 Å². The van der Waals surface area contributed by atoms with Gasteiger partial charge in [0, 0.05) is 25.5 Å². The van der Waals surface area contributed by atoms with Crippen LogP contribution in [0.1, 0.15) is 15.2 Å². The number of aromatic hydroxyl groups is 1. The van der Waals surface area contributed by atoms with E-state index in [0.29, 0.717) is 12.2 Å². The molecule has 0 unspecified atom stereocenters. The van der Waals surface area contributed by atoms with E-state index < -0.39 is 11.8 Å². The Morgan fingerprint density at radius 1 is 0.970 bits per heavy atom. The first kappa shape index (κ1) is 22.1. The molecule has 9 heteroatoms. The van der Waals surface area contributed by atoms with Gasteiger partial charge in [0.15, 0.2) is 5.75 Å². The molecule has 0 aliphatic carbocycles. The molecule has 3 N–H and O–H groups in total. The summed E-state index contributed by atoms with van der Waals surface area (Å²) >= 11 is 1.52. The van der Waals surface area contributed by atoms with Crippen LogP contribution in [0, 0.1) is 0 Å². The van der Waals surface area contributed by atoms with Crippen LogP contribution in [0.4, 0.5) is 11.4 Å². The van der Waals surface area contributed by atoms with Crippen LogP contribution in [0.3, 0.4) is 0 Å². The summed E-state index contributed by atoms with van der Waals surface area (Å²) in [6.45, 7) is 0.352. The van der Waals surface area contributed by atoms with Crippen molar-refractivity contribution in [2.45, 2.75) is 6.54 Å². The average molecular weight is 463 g/mol. The summed E-state index contributed by atoms with van der Waals surface area (Å²) < 4.78 is 0. The van der Waals surface area contributed by atoms with Gasteiger partial charge in [-0.15, -0.1) is 11.3 Å². The Labute approximate surface area is 194 Å². The highest BCUT2D eigenvalue weighted by Gasteiger charge is 2.40. The smallest absolute Gasteiger partial charge is 0.284 e. The van der Waals surface area contributed by atoms with Crippen molar-refractivity contribution < 1.29 is 19.5 Å². The van der Waals surface area contributed by atoms with Gasteiger partial charge in [0.25, 0.3) is 17.7 Å². The number of hydrogen-bond donors (Lipinski definition) is 3. The molecule has 4 rings (SSSR count). The first-order valence-electron chi connectivity index (χ1n) is 10.1. The molecule has 0 bridgehead atoms. The van der Waals surface area contributed by atoms with Crippen molar-refractivity contribution in [3.05, 3.63) is 87.9 Å².